The van der Waals surface area contributed by atoms with Gasteiger partial charge in [-0.1, -0.05) is 6.92 Å². The predicted molar refractivity (Wildman–Crippen MR) is 84.8 cm³/mol. The van der Waals surface area contributed by atoms with E-state index in [0.717, 1.165) is 18.8 Å². The van der Waals surface area contributed by atoms with Crippen LogP contribution in [0.1, 0.15) is 47.5 Å². The molecule has 20 heavy (non-hydrogen) atoms. The fourth-order valence-electron chi connectivity index (χ4n) is 2.05. The Morgan fingerprint density at radius 3 is 2.50 bits per heavy atom. The summed E-state index contributed by atoms with van der Waals surface area (Å²) in [6.07, 6.45) is 1.75. The van der Waals surface area contributed by atoms with Crippen LogP contribution < -0.4 is 10.6 Å². The van der Waals surface area contributed by atoms with Crippen molar-refractivity contribution in [3.8, 4) is 0 Å². The summed E-state index contributed by atoms with van der Waals surface area (Å²) in [5.41, 5.74) is -0.0684. The maximum atomic E-state index is 11.5. The van der Waals surface area contributed by atoms with Crippen molar-refractivity contribution in [1.29, 1.82) is 0 Å². The minimum atomic E-state index is -2.82. The molecule has 2 N–H and O–H groups in total. The fourth-order valence-corrected chi connectivity index (χ4v) is 3.90. The first-order valence-electron chi connectivity index (χ1n) is 7.41. The quantitative estimate of drug-likeness (QED) is 0.611. The first kappa shape index (κ1) is 17.3. The molecular formula is C14H29N3O2S. The van der Waals surface area contributed by atoms with Crippen molar-refractivity contribution in [2.24, 2.45) is 10.9 Å². The van der Waals surface area contributed by atoms with Crippen LogP contribution >= 0.6 is 0 Å². The van der Waals surface area contributed by atoms with Crippen LogP contribution in [-0.2, 0) is 9.84 Å². The van der Waals surface area contributed by atoms with Crippen LogP contribution in [0.3, 0.4) is 0 Å². The Balaban J connectivity index is 2.64. The summed E-state index contributed by atoms with van der Waals surface area (Å²) < 4.78 is 22.9. The highest BCUT2D eigenvalue weighted by Gasteiger charge is 2.27. The van der Waals surface area contributed by atoms with E-state index in [4.69, 9.17) is 0 Å². The third-order valence-electron chi connectivity index (χ3n) is 3.32. The van der Waals surface area contributed by atoms with Crippen molar-refractivity contribution < 1.29 is 8.42 Å². The van der Waals surface area contributed by atoms with Crippen LogP contribution in [0.15, 0.2) is 4.99 Å². The molecule has 2 unspecified atom stereocenters. The zero-order chi connectivity index (χ0) is 15.4. The van der Waals surface area contributed by atoms with E-state index in [1.807, 2.05) is 0 Å². The van der Waals surface area contributed by atoms with Crippen LogP contribution in [0.4, 0.5) is 0 Å². The Kier molecular flexibility index (Phi) is 5.86. The molecule has 2 atom stereocenters. The molecule has 5 nitrogen and oxygen atoms in total. The van der Waals surface area contributed by atoms with Gasteiger partial charge in [0.1, 0.15) is 0 Å². The molecule has 6 heteroatoms. The summed E-state index contributed by atoms with van der Waals surface area (Å²) in [5, 5.41) is 6.71. The molecule has 0 amide bonds. The number of aliphatic imine (C=N–C) groups is 1. The maximum Gasteiger partial charge on any atom is 0.191 e. The van der Waals surface area contributed by atoms with Crippen molar-refractivity contribution in [2.45, 2.75) is 59.0 Å². The average Bonchev–Trinajstić information content (AvgIpc) is 2.64. The van der Waals surface area contributed by atoms with Crippen LogP contribution in [0.2, 0.25) is 0 Å². The molecule has 1 aliphatic rings. The van der Waals surface area contributed by atoms with Gasteiger partial charge in [-0.15, -0.1) is 0 Å². The SMILES string of the molecule is CCC(C)NC(=NCC1CCS(=O)(=O)C1)NC(C)(C)C. The smallest absolute Gasteiger partial charge is 0.191 e. The summed E-state index contributed by atoms with van der Waals surface area (Å²) in [6.45, 7) is 11.1. The molecule has 0 aromatic heterocycles. The standard InChI is InChI=1S/C14H29N3O2S/c1-6-11(2)16-13(17-14(3,4)5)15-9-12-7-8-20(18,19)10-12/h11-12H,6-10H2,1-5H3,(H2,15,16,17). The van der Waals surface area contributed by atoms with E-state index in [1.54, 1.807) is 0 Å². The summed E-state index contributed by atoms with van der Waals surface area (Å²) in [4.78, 5) is 4.57. The van der Waals surface area contributed by atoms with Crippen molar-refractivity contribution in [3.63, 3.8) is 0 Å². The largest absolute Gasteiger partial charge is 0.354 e. The first-order chi connectivity index (χ1) is 9.11. The monoisotopic (exact) mass is 303 g/mol. The van der Waals surface area contributed by atoms with E-state index in [1.165, 1.54) is 0 Å². The van der Waals surface area contributed by atoms with Gasteiger partial charge in [0.25, 0.3) is 0 Å². The van der Waals surface area contributed by atoms with E-state index in [0.29, 0.717) is 18.3 Å². The number of nitrogens with zero attached hydrogens (tertiary/aromatic N) is 1. The number of sulfone groups is 1. The molecule has 1 fully saturated rings. The lowest BCUT2D eigenvalue weighted by Crippen LogP contribution is -2.50. The minimum absolute atomic E-state index is 0.0684. The van der Waals surface area contributed by atoms with Crippen LogP contribution in [0, 0.1) is 5.92 Å². The van der Waals surface area contributed by atoms with Gasteiger partial charge < -0.3 is 10.6 Å². The highest BCUT2D eigenvalue weighted by Crippen LogP contribution is 2.18. The molecular weight excluding hydrogens is 274 g/mol. The van der Waals surface area contributed by atoms with Gasteiger partial charge in [-0.3, -0.25) is 4.99 Å². The second kappa shape index (κ2) is 6.78. The lowest BCUT2D eigenvalue weighted by Gasteiger charge is -2.26. The third-order valence-corrected chi connectivity index (χ3v) is 5.16. The first-order valence-corrected chi connectivity index (χ1v) is 9.23. The topological polar surface area (TPSA) is 70.6 Å². The number of hydrogen-bond acceptors (Lipinski definition) is 3. The Morgan fingerprint density at radius 1 is 1.40 bits per heavy atom. The van der Waals surface area contributed by atoms with Crippen LogP contribution in [0.25, 0.3) is 0 Å². The normalized spacial score (nSPS) is 24.4. The number of guanidine groups is 1. The molecule has 1 heterocycles. The highest BCUT2D eigenvalue weighted by atomic mass is 32.2. The summed E-state index contributed by atoms with van der Waals surface area (Å²) in [7, 11) is -2.82. The molecule has 0 radical (unpaired) electrons. The molecule has 0 bridgehead atoms. The van der Waals surface area contributed by atoms with Crippen molar-refractivity contribution in [2.75, 3.05) is 18.1 Å². The minimum Gasteiger partial charge on any atom is -0.354 e. The van der Waals surface area contributed by atoms with Crippen molar-refractivity contribution >= 4 is 15.8 Å². The molecule has 0 aliphatic carbocycles. The Bertz CT molecular complexity index is 438. The molecule has 0 aromatic carbocycles. The zero-order valence-electron chi connectivity index (χ0n) is 13.4. The van der Waals surface area contributed by atoms with Crippen molar-refractivity contribution in [1.82, 2.24) is 10.6 Å². The van der Waals surface area contributed by atoms with Crippen molar-refractivity contribution in [3.05, 3.63) is 0 Å². The lowest BCUT2D eigenvalue weighted by atomic mass is 10.1. The van der Waals surface area contributed by atoms with Gasteiger partial charge in [-0.25, -0.2) is 8.42 Å². The van der Waals surface area contributed by atoms with E-state index in [2.05, 4.69) is 50.2 Å². The van der Waals surface area contributed by atoms with Crippen LogP contribution in [-0.4, -0.2) is 44.0 Å². The van der Waals surface area contributed by atoms with E-state index in [9.17, 15) is 8.42 Å². The second-order valence-corrected chi connectivity index (χ2v) is 9.02. The molecule has 118 valence electrons. The average molecular weight is 303 g/mol. The summed E-state index contributed by atoms with van der Waals surface area (Å²) >= 11 is 0. The van der Waals surface area contributed by atoms with E-state index >= 15 is 0 Å². The number of nitrogens with one attached hydrogen (secondary N) is 2. The molecule has 1 saturated heterocycles. The van der Waals surface area contributed by atoms with Gasteiger partial charge in [0.15, 0.2) is 15.8 Å². The Morgan fingerprint density at radius 2 is 2.05 bits per heavy atom. The highest BCUT2D eigenvalue weighted by molar-refractivity contribution is 7.91. The molecule has 0 aromatic rings. The maximum absolute atomic E-state index is 11.5. The van der Waals surface area contributed by atoms with Crippen LogP contribution in [0.5, 0.6) is 0 Å². The Hall–Kier alpha value is -0.780. The molecule has 0 saturated carbocycles. The van der Waals surface area contributed by atoms with E-state index < -0.39 is 9.84 Å². The number of rotatable bonds is 4. The Labute approximate surface area is 123 Å². The van der Waals surface area contributed by atoms with Gasteiger partial charge in [0.05, 0.1) is 11.5 Å². The summed E-state index contributed by atoms with van der Waals surface area (Å²) in [5.74, 6) is 1.53. The van der Waals surface area contributed by atoms with Gasteiger partial charge >= 0.3 is 0 Å². The van der Waals surface area contributed by atoms with Gasteiger partial charge in [-0.05, 0) is 46.5 Å². The third kappa shape index (κ3) is 6.59. The van der Waals surface area contributed by atoms with Gasteiger partial charge in [-0.2, -0.15) is 0 Å². The zero-order valence-corrected chi connectivity index (χ0v) is 14.2. The van der Waals surface area contributed by atoms with E-state index in [-0.39, 0.29) is 17.2 Å². The van der Waals surface area contributed by atoms with Gasteiger partial charge in [0, 0.05) is 18.1 Å². The molecule has 1 aliphatic heterocycles. The predicted octanol–water partition coefficient (Wildman–Crippen LogP) is 1.55. The molecule has 1 rings (SSSR count). The molecule has 0 spiro atoms. The lowest BCUT2D eigenvalue weighted by molar-refractivity contribution is 0.488. The summed E-state index contributed by atoms with van der Waals surface area (Å²) in [6, 6.07) is 0.343. The fraction of sp³-hybridized carbons (Fsp3) is 0.929. The van der Waals surface area contributed by atoms with Gasteiger partial charge in [0.2, 0.25) is 0 Å². The number of hydrogen-bond donors (Lipinski definition) is 2. The second-order valence-electron chi connectivity index (χ2n) is 6.79.